The highest BCUT2D eigenvalue weighted by atomic mass is 32.1. The van der Waals surface area contributed by atoms with Crippen molar-refractivity contribution in [3.05, 3.63) is 22.4 Å². The van der Waals surface area contributed by atoms with Crippen molar-refractivity contribution in [2.75, 3.05) is 6.54 Å². The summed E-state index contributed by atoms with van der Waals surface area (Å²) in [6.07, 6.45) is 1.14. The van der Waals surface area contributed by atoms with Gasteiger partial charge in [0.25, 0.3) is 0 Å². The van der Waals surface area contributed by atoms with Gasteiger partial charge in [-0.2, -0.15) is 0 Å². The molecule has 19 heavy (non-hydrogen) atoms. The van der Waals surface area contributed by atoms with Crippen LogP contribution in [0.25, 0.3) is 0 Å². The quantitative estimate of drug-likeness (QED) is 0.808. The molecule has 0 radical (unpaired) electrons. The lowest BCUT2D eigenvalue weighted by Gasteiger charge is -2.27. The summed E-state index contributed by atoms with van der Waals surface area (Å²) in [5.74, 6) is 0.0769. The van der Waals surface area contributed by atoms with Gasteiger partial charge in [-0.25, -0.2) is 0 Å². The molecule has 0 bridgehead atoms. The predicted octanol–water partition coefficient (Wildman–Crippen LogP) is 2.84. The van der Waals surface area contributed by atoms with Crippen molar-refractivity contribution in [2.24, 2.45) is 11.3 Å². The Morgan fingerprint density at radius 1 is 1.47 bits per heavy atom. The molecule has 1 aromatic heterocycles. The second-order valence-corrected chi connectivity index (χ2v) is 7.15. The fourth-order valence-corrected chi connectivity index (χ4v) is 3.03. The van der Waals surface area contributed by atoms with Gasteiger partial charge in [0.05, 0.1) is 6.10 Å². The van der Waals surface area contributed by atoms with Crippen LogP contribution in [0.1, 0.15) is 39.0 Å². The molecule has 4 heteroatoms. The number of nitrogens with one attached hydrogen (secondary N) is 1. The molecule has 1 aromatic rings. The number of rotatable bonds is 7. The first-order valence-corrected chi connectivity index (χ1v) is 7.66. The predicted molar refractivity (Wildman–Crippen MR) is 80.3 cm³/mol. The molecule has 1 rings (SSSR count). The lowest BCUT2D eigenvalue weighted by molar-refractivity contribution is -0.125. The topological polar surface area (TPSA) is 49.3 Å². The van der Waals surface area contributed by atoms with Gasteiger partial charge >= 0.3 is 0 Å². The zero-order chi connectivity index (χ0) is 14.5. The number of amides is 1. The second kappa shape index (κ2) is 7.06. The lowest BCUT2D eigenvalue weighted by atomic mass is 9.87. The Morgan fingerprint density at radius 3 is 2.68 bits per heavy atom. The van der Waals surface area contributed by atoms with Crippen molar-refractivity contribution < 1.29 is 9.90 Å². The minimum absolute atomic E-state index is 0.0130. The third-order valence-electron chi connectivity index (χ3n) is 3.12. The number of hydrogen-bond acceptors (Lipinski definition) is 3. The maximum absolute atomic E-state index is 12.0. The molecule has 2 N–H and O–H groups in total. The van der Waals surface area contributed by atoms with Crippen LogP contribution in [0, 0.1) is 11.3 Å². The summed E-state index contributed by atoms with van der Waals surface area (Å²) in [6, 6.07) is 4.07. The van der Waals surface area contributed by atoms with Crippen molar-refractivity contribution in [3.8, 4) is 0 Å². The van der Waals surface area contributed by atoms with Gasteiger partial charge < -0.3 is 10.4 Å². The van der Waals surface area contributed by atoms with Gasteiger partial charge in [-0.15, -0.1) is 11.3 Å². The normalized spacial score (nSPS) is 15.0. The minimum atomic E-state index is -0.338. The molecular formula is C15H25NO2S. The molecule has 1 amide bonds. The Kier molecular flexibility index (Phi) is 6.01. The van der Waals surface area contributed by atoms with Gasteiger partial charge in [-0.3, -0.25) is 4.79 Å². The summed E-state index contributed by atoms with van der Waals surface area (Å²) in [5, 5.41) is 14.5. The van der Waals surface area contributed by atoms with Crippen LogP contribution >= 0.6 is 11.3 Å². The van der Waals surface area contributed by atoms with Crippen molar-refractivity contribution in [1.82, 2.24) is 5.32 Å². The summed E-state index contributed by atoms with van der Waals surface area (Å²) in [6.45, 7) is 8.46. The molecule has 3 nitrogen and oxygen atoms in total. The van der Waals surface area contributed by atoms with Gasteiger partial charge in [0.2, 0.25) is 5.91 Å². The van der Waals surface area contributed by atoms with Gasteiger partial charge in [0.15, 0.2) is 0 Å². The standard InChI is InChI=1S/C15H25NO2S/c1-11(8-13-6-5-7-19-13)14(18)16-10-15(3,4)9-12(2)17/h5-7,11-12,17H,8-10H2,1-4H3,(H,16,18). The summed E-state index contributed by atoms with van der Waals surface area (Å²) in [5.41, 5.74) is -0.0769. The van der Waals surface area contributed by atoms with Gasteiger partial charge in [-0.1, -0.05) is 26.8 Å². The fourth-order valence-electron chi connectivity index (χ4n) is 2.20. The van der Waals surface area contributed by atoms with Crippen LogP contribution in [0.2, 0.25) is 0 Å². The van der Waals surface area contributed by atoms with E-state index in [9.17, 15) is 9.90 Å². The number of aliphatic hydroxyl groups excluding tert-OH is 1. The largest absolute Gasteiger partial charge is 0.393 e. The van der Waals surface area contributed by atoms with E-state index in [1.165, 1.54) is 4.88 Å². The Hall–Kier alpha value is -0.870. The Balaban J connectivity index is 2.38. The van der Waals surface area contributed by atoms with Crippen molar-refractivity contribution >= 4 is 17.2 Å². The van der Waals surface area contributed by atoms with Gasteiger partial charge in [-0.05, 0) is 36.6 Å². The van der Waals surface area contributed by atoms with Crippen molar-refractivity contribution in [1.29, 1.82) is 0 Å². The fraction of sp³-hybridized carbons (Fsp3) is 0.667. The molecule has 2 unspecified atom stereocenters. The molecule has 1 heterocycles. The average Bonchev–Trinajstić information content (AvgIpc) is 2.76. The third-order valence-corrected chi connectivity index (χ3v) is 4.02. The minimum Gasteiger partial charge on any atom is -0.393 e. The number of carbonyl (C=O) groups is 1. The molecule has 0 aliphatic rings. The lowest BCUT2D eigenvalue weighted by Crippen LogP contribution is -2.38. The summed E-state index contributed by atoms with van der Waals surface area (Å²) in [4.78, 5) is 13.3. The van der Waals surface area contributed by atoms with E-state index < -0.39 is 0 Å². The second-order valence-electron chi connectivity index (χ2n) is 6.12. The highest BCUT2D eigenvalue weighted by Crippen LogP contribution is 2.21. The molecule has 2 atom stereocenters. The first kappa shape index (κ1) is 16.2. The Morgan fingerprint density at radius 2 is 2.16 bits per heavy atom. The van der Waals surface area contributed by atoms with Crippen LogP contribution in [0.4, 0.5) is 0 Å². The Bertz CT molecular complexity index is 385. The first-order chi connectivity index (χ1) is 8.80. The van der Waals surface area contributed by atoms with E-state index in [1.54, 1.807) is 18.3 Å². The molecule has 0 aliphatic carbocycles. The van der Waals surface area contributed by atoms with Crippen LogP contribution in [0.5, 0.6) is 0 Å². The van der Waals surface area contributed by atoms with Crippen LogP contribution in [0.3, 0.4) is 0 Å². The van der Waals surface area contributed by atoms with Crippen LogP contribution in [-0.4, -0.2) is 23.7 Å². The van der Waals surface area contributed by atoms with Crippen LogP contribution in [0.15, 0.2) is 17.5 Å². The zero-order valence-electron chi connectivity index (χ0n) is 12.3. The molecule has 0 spiro atoms. The highest BCUT2D eigenvalue weighted by molar-refractivity contribution is 7.09. The summed E-state index contributed by atoms with van der Waals surface area (Å²) in [7, 11) is 0. The van der Waals surface area contributed by atoms with E-state index >= 15 is 0 Å². The Labute approximate surface area is 120 Å². The van der Waals surface area contributed by atoms with E-state index in [4.69, 9.17) is 0 Å². The SMILES string of the molecule is CC(O)CC(C)(C)CNC(=O)C(C)Cc1cccs1. The monoisotopic (exact) mass is 283 g/mol. The molecule has 0 saturated heterocycles. The van der Waals surface area contributed by atoms with Crippen LogP contribution in [-0.2, 0) is 11.2 Å². The smallest absolute Gasteiger partial charge is 0.223 e. The molecular weight excluding hydrogens is 258 g/mol. The molecule has 0 aromatic carbocycles. The molecule has 0 fully saturated rings. The third kappa shape index (κ3) is 6.21. The van der Waals surface area contributed by atoms with Gasteiger partial charge in [0, 0.05) is 17.3 Å². The maximum atomic E-state index is 12.0. The summed E-state index contributed by atoms with van der Waals surface area (Å²) >= 11 is 1.69. The zero-order valence-corrected chi connectivity index (χ0v) is 13.1. The maximum Gasteiger partial charge on any atom is 0.223 e. The van der Waals surface area contributed by atoms with Gasteiger partial charge in [0.1, 0.15) is 0 Å². The first-order valence-electron chi connectivity index (χ1n) is 6.78. The molecule has 0 aliphatic heterocycles. The number of hydrogen-bond donors (Lipinski definition) is 2. The number of thiophene rings is 1. The van der Waals surface area contributed by atoms with E-state index in [2.05, 4.69) is 25.2 Å². The molecule has 108 valence electrons. The average molecular weight is 283 g/mol. The number of carbonyl (C=O) groups excluding carboxylic acids is 1. The van der Waals surface area contributed by atoms with E-state index in [0.717, 1.165) is 6.42 Å². The van der Waals surface area contributed by atoms with Crippen molar-refractivity contribution in [2.45, 2.75) is 46.6 Å². The van der Waals surface area contributed by atoms with Crippen molar-refractivity contribution in [3.63, 3.8) is 0 Å². The van der Waals surface area contributed by atoms with E-state index in [0.29, 0.717) is 13.0 Å². The summed E-state index contributed by atoms with van der Waals surface area (Å²) < 4.78 is 0. The highest BCUT2D eigenvalue weighted by Gasteiger charge is 2.22. The van der Waals surface area contributed by atoms with E-state index in [1.807, 2.05) is 18.4 Å². The molecule has 0 saturated carbocycles. The number of aliphatic hydroxyl groups is 1. The van der Waals surface area contributed by atoms with Crippen LogP contribution < -0.4 is 5.32 Å². The van der Waals surface area contributed by atoms with E-state index in [-0.39, 0.29) is 23.3 Å².